The molecule has 0 heterocycles. The quantitative estimate of drug-likeness (QED) is 0.414. The summed E-state index contributed by atoms with van der Waals surface area (Å²) in [6.45, 7) is 7.95. The summed E-state index contributed by atoms with van der Waals surface area (Å²) in [5.41, 5.74) is 0.297. The lowest BCUT2D eigenvalue weighted by Crippen LogP contribution is -2.39. The summed E-state index contributed by atoms with van der Waals surface area (Å²) in [4.78, 5) is 4.35. The third-order valence-corrected chi connectivity index (χ3v) is 3.17. The predicted octanol–water partition coefficient (Wildman–Crippen LogP) is 2.00. The van der Waals surface area contributed by atoms with Crippen LogP contribution in [-0.4, -0.2) is 23.1 Å². The van der Waals surface area contributed by atoms with E-state index in [2.05, 4.69) is 11.5 Å². The van der Waals surface area contributed by atoms with E-state index < -0.39 is 11.5 Å². The molecule has 0 aliphatic heterocycles. The first-order valence-electron chi connectivity index (χ1n) is 4.86. The summed E-state index contributed by atoms with van der Waals surface area (Å²) in [5.74, 6) is 0.231. The van der Waals surface area contributed by atoms with Crippen LogP contribution in [0.15, 0.2) is 24.3 Å². The molecule has 0 saturated carbocycles. The first-order valence-corrected chi connectivity index (χ1v) is 4.86. The van der Waals surface area contributed by atoms with Crippen molar-refractivity contribution in [2.24, 2.45) is 11.3 Å². The Morgan fingerprint density at radius 2 is 2.36 bits per heavy atom. The van der Waals surface area contributed by atoms with Crippen LogP contribution in [0.1, 0.15) is 20.3 Å². The van der Waals surface area contributed by atoms with Gasteiger partial charge in [-0.1, -0.05) is 32.6 Å². The largest absolute Gasteiger partial charge is 0.395 e. The molecule has 0 fully saturated rings. The highest BCUT2D eigenvalue weighted by Gasteiger charge is 2.39. The van der Waals surface area contributed by atoms with Gasteiger partial charge in [0.25, 0.3) is 0 Å². The monoisotopic (exact) mass is 198 g/mol. The lowest BCUT2D eigenvalue weighted by molar-refractivity contribution is -0.271. The maximum Gasteiger partial charge on any atom is 0.118 e. The summed E-state index contributed by atoms with van der Waals surface area (Å²) in [5, 5.41) is 18.1. The fourth-order valence-electron chi connectivity index (χ4n) is 1.96. The van der Waals surface area contributed by atoms with Crippen molar-refractivity contribution in [1.82, 2.24) is 0 Å². The smallest absolute Gasteiger partial charge is 0.118 e. The Kier molecular flexibility index (Phi) is 3.48. The van der Waals surface area contributed by atoms with Gasteiger partial charge >= 0.3 is 0 Å². The van der Waals surface area contributed by atoms with Gasteiger partial charge in [-0.15, -0.1) is 0 Å². The first-order chi connectivity index (χ1) is 6.58. The van der Waals surface area contributed by atoms with E-state index in [1.54, 1.807) is 0 Å². The van der Waals surface area contributed by atoms with Gasteiger partial charge in [-0.25, -0.2) is 4.89 Å². The fourth-order valence-corrected chi connectivity index (χ4v) is 1.96. The molecule has 14 heavy (non-hydrogen) atoms. The van der Waals surface area contributed by atoms with Crippen LogP contribution in [0.3, 0.4) is 0 Å². The van der Waals surface area contributed by atoms with Crippen LogP contribution in [0, 0.1) is 11.3 Å². The van der Waals surface area contributed by atoms with E-state index in [1.165, 1.54) is 0 Å². The van der Waals surface area contributed by atoms with Crippen LogP contribution < -0.4 is 0 Å². The van der Waals surface area contributed by atoms with Crippen molar-refractivity contribution in [3.05, 3.63) is 24.3 Å². The molecule has 1 rings (SSSR count). The number of hydrogen-bond acceptors (Lipinski definition) is 3. The van der Waals surface area contributed by atoms with Crippen molar-refractivity contribution in [3.63, 3.8) is 0 Å². The van der Waals surface area contributed by atoms with E-state index in [9.17, 15) is 5.11 Å². The second-order valence-electron chi connectivity index (χ2n) is 4.11. The molecule has 80 valence electrons. The molecule has 0 aromatic rings. The van der Waals surface area contributed by atoms with Crippen molar-refractivity contribution in [2.45, 2.75) is 26.4 Å². The van der Waals surface area contributed by atoms with Gasteiger partial charge in [0, 0.05) is 5.41 Å². The third-order valence-electron chi connectivity index (χ3n) is 3.17. The summed E-state index contributed by atoms with van der Waals surface area (Å²) in [6, 6.07) is 0. The average molecular weight is 198 g/mol. The van der Waals surface area contributed by atoms with Gasteiger partial charge in [-0.05, 0) is 17.9 Å². The maximum atomic E-state index is 9.45. The molecule has 0 radical (unpaired) electrons. The molecular formula is C11H18O3. The molecule has 2 atom stereocenters. The van der Waals surface area contributed by atoms with Crippen molar-refractivity contribution in [2.75, 3.05) is 6.61 Å². The number of rotatable bonds is 3. The van der Waals surface area contributed by atoms with Crippen molar-refractivity contribution < 1.29 is 15.3 Å². The Morgan fingerprint density at radius 3 is 2.79 bits per heavy atom. The normalized spacial score (nSPS) is 32.6. The van der Waals surface area contributed by atoms with E-state index in [4.69, 9.17) is 5.26 Å². The molecule has 1 aliphatic carbocycles. The lowest BCUT2D eigenvalue weighted by atomic mass is 9.67. The SMILES string of the molecule is C=C1[C@@H](OO)CC=C[C@]1(CO)C(C)C. The molecule has 1 aliphatic rings. The second kappa shape index (κ2) is 4.26. The van der Waals surface area contributed by atoms with Crippen LogP contribution in [0.4, 0.5) is 0 Å². The summed E-state index contributed by atoms with van der Waals surface area (Å²) < 4.78 is 0. The minimum absolute atomic E-state index is 0.000139. The van der Waals surface area contributed by atoms with Gasteiger partial charge in [0.05, 0.1) is 6.61 Å². The molecule has 2 N–H and O–H groups in total. The van der Waals surface area contributed by atoms with E-state index in [0.29, 0.717) is 6.42 Å². The van der Waals surface area contributed by atoms with Gasteiger partial charge in [0.1, 0.15) is 6.10 Å². The zero-order chi connectivity index (χ0) is 10.8. The molecular weight excluding hydrogens is 180 g/mol. The van der Waals surface area contributed by atoms with Gasteiger partial charge in [-0.3, -0.25) is 5.26 Å². The highest BCUT2D eigenvalue weighted by atomic mass is 17.1. The topological polar surface area (TPSA) is 49.7 Å². The third kappa shape index (κ3) is 1.63. The van der Waals surface area contributed by atoms with E-state index in [0.717, 1.165) is 5.57 Å². The highest BCUT2D eigenvalue weighted by molar-refractivity contribution is 5.29. The predicted molar refractivity (Wildman–Crippen MR) is 54.8 cm³/mol. The molecule has 0 amide bonds. The summed E-state index contributed by atoms with van der Waals surface area (Å²) in [6.07, 6.45) is 4.11. The van der Waals surface area contributed by atoms with Crippen molar-refractivity contribution in [3.8, 4) is 0 Å². The molecule has 3 nitrogen and oxygen atoms in total. The van der Waals surface area contributed by atoms with Gasteiger partial charge < -0.3 is 5.11 Å². The molecule has 0 aromatic heterocycles. The molecule has 0 aromatic carbocycles. The van der Waals surface area contributed by atoms with Crippen molar-refractivity contribution >= 4 is 0 Å². The minimum Gasteiger partial charge on any atom is -0.395 e. The summed E-state index contributed by atoms with van der Waals surface area (Å²) in [7, 11) is 0. The van der Waals surface area contributed by atoms with Crippen LogP contribution >= 0.6 is 0 Å². The van der Waals surface area contributed by atoms with Gasteiger partial charge in [0.15, 0.2) is 0 Å². The Hall–Kier alpha value is -0.640. The van der Waals surface area contributed by atoms with E-state index in [1.807, 2.05) is 26.0 Å². The maximum absolute atomic E-state index is 9.45. The van der Waals surface area contributed by atoms with E-state index in [-0.39, 0.29) is 12.5 Å². The second-order valence-corrected chi connectivity index (χ2v) is 4.11. The Labute approximate surface area is 84.6 Å². The molecule has 0 bridgehead atoms. The molecule has 3 heteroatoms. The standard InChI is InChI=1S/C11H18O3/c1-8(2)11(7-12)6-4-5-10(14-13)9(11)3/h4,6,8,10,12-13H,3,5,7H2,1-2H3/t10-,11-/m0/s1. The Balaban J connectivity index is 3.01. The molecule has 0 spiro atoms. The molecule has 0 saturated heterocycles. The fraction of sp³-hybridized carbons (Fsp3) is 0.636. The van der Waals surface area contributed by atoms with Gasteiger partial charge in [0.2, 0.25) is 0 Å². The average Bonchev–Trinajstić information content (AvgIpc) is 2.18. The van der Waals surface area contributed by atoms with Crippen LogP contribution in [0.2, 0.25) is 0 Å². The summed E-state index contributed by atoms with van der Waals surface area (Å²) >= 11 is 0. The highest BCUT2D eigenvalue weighted by Crippen LogP contribution is 2.42. The Bertz CT molecular complexity index is 245. The number of aliphatic hydroxyl groups excluding tert-OH is 1. The van der Waals surface area contributed by atoms with Gasteiger partial charge in [-0.2, -0.15) is 0 Å². The zero-order valence-electron chi connectivity index (χ0n) is 8.73. The lowest BCUT2D eigenvalue weighted by Gasteiger charge is -2.40. The van der Waals surface area contributed by atoms with Crippen molar-refractivity contribution in [1.29, 1.82) is 0 Å². The Morgan fingerprint density at radius 1 is 1.71 bits per heavy atom. The minimum atomic E-state index is -0.453. The molecule has 0 unspecified atom stereocenters. The van der Waals surface area contributed by atoms with E-state index >= 15 is 0 Å². The number of hydrogen-bond donors (Lipinski definition) is 2. The van der Waals surface area contributed by atoms with Crippen LogP contribution in [0.5, 0.6) is 0 Å². The van der Waals surface area contributed by atoms with Crippen LogP contribution in [0.25, 0.3) is 0 Å². The number of aliphatic hydroxyl groups is 1. The zero-order valence-corrected chi connectivity index (χ0v) is 8.73. The van der Waals surface area contributed by atoms with Crippen LogP contribution in [-0.2, 0) is 4.89 Å². The first kappa shape index (κ1) is 11.4.